The van der Waals surface area contributed by atoms with Crippen LogP contribution in [0.25, 0.3) is 80.7 Å². The topological polar surface area (TPSA) is 8.17 Å². The van der Waals surface area contributed by atoms with Crippen LogP contribution in [0, 0.1) is 0 Å². The quantitative estimate of drug-likeness (QED) is 0.166. The fourth-order valence-electron chi connectivity index (χ4n) is 8.43. The molecule has 0 spiro atoms. The van der Waals surface area contributed by atoms with Gasteiger partial charge in [0, 0.05) is 48.0 Å². The van der Waals surface area contributed by atoms with E-state index in [0.29, 0.717) is 0 Å². The summed E-state index contributed by atoms with van der Waals surface area (Å²) >= 11 is 1.89. The number of anilines is 3. The largest absolute Gasteiger partial charge is 0.310 e. The second-order valence-electron chi connectivity index (χ2n) is 14.1. The Balaban J connectivity index is 1.09. The van der Waals surface area contributed by atoms with Crippen LogP contribution in [0.3, 0.4) is 0 Å². The summed E-state index contributed by atoms with van der Waals surface area (Å²) in [6.45, 7) is 0. The molecule has 0 bridgehead atoms. The molecule has 0 N–H and O–H groups in total. The Hall–Kier alpha value is -6.94. The molecule has 2 heterocycles. The molecule has 0 aliphatic carbocycles. The molecule has 0 fully saturated rings. The zero-order valence-corrected chi connectivity index (χ0v) is 30.7. The average molecular weight is 719 g/mol. The van der Waals surface area contributed by atoms with Gasteiger partial charge in [-0.2, -0.15) is 0 Å². The third kappa shape index (κ3) is 5.24. The van der Waals surface area contributed by atoms with E-state index >= 15 is 0 Å². The van der Waals surface area contributed by atoms with E-state index in [0.717, 1.165) is 17.1 Å². The van der Waals surface area contributed by atoms with Gasteiger partial charge in [0.1, 0.15) is 0 Å². The number of para-hydroxylation sites is 2. The van der Waals surface area contributed by atoms with Gasteiger partial charge >= 0.3 is 0 Å². The molecule has 2 nitrogen and oxygen atoms in total. The molecular weight excluding hydrogens is 685 g/mol. The van der Waals surface area contributed by atoms with E-state index in [9.17, 15) is 0 Å². The Morgan fingerprint density at radius 1 is 0.382 bits per heavy atom. The highest BCUT2D eigenvalue weighted by Gasteiger charge is 2.20. The first-order chi connectivity index (χ1) is 27.3. The number of hydrogen-bond acceptors (Lipinski definition) is 2. The lowest BCUT2D eigenvalue weighted by Gasteiger charge is -2.27. The number of benzene rings is 9. The summed E-state index contributed by atoms with van der Waals surface area (Å²) in [7, 11) is 0. The molecule has 0 saturated heterocycles. The molecule has 0 radical (unpaired) electrons. The van der Waals surface area contributed by atoms with Crippen LogP contribution >= 0.6 is 11.3 Å². The van der Waals surface area contributed by atoms with Crippen LogP contribution in [0.15, 0.2) is 206 Å². The van der Waals surface area contributed by atoms with Crippen LogP contribution < -0.4 is 4.90 Å². The van der Waals surface area contributed by atoms with Crippen LogP contribution in [0.2, 0.25) is 0 Å². The van der Waals surface area contributed by atoms with Gasteiger partial charge in [-0.3, -0.25) is 0 Å². The van der Waals surface area contributed by atoms with Crippen LogP contribution in [0.4, 0.5) is 17.1 Å². The fraction of sp³-hybridized carbons (Fsp3) is 0. The van der Waals surface area contributed by atoms with Gasteiger partial charge in [0.05, 0.1) is 16.7 Å². The summed E-state index contributed by atoms with van der Waals surface area (Å²) in [5.74, 6) is 0. The number of hydrogen-bond donors (Lipinski definition) is 0. The molecule has 11 aromatic rings. The summed E-state index contributed by atoms with van der Waals surface area (Å²) in [6.07, 6.45) is 0. The first kappa shape index (κ1) is 31.6. The van der Waals surface area contributed by atoms with Gasteiger partial charge < -0.3 is 9.47 Å². The third-order valence-electron chi connectivity index (χ3n) is 11.0. The van der Waals surface area contributed by atoms with E-state index in [2.05, 4.69) is 216 Å². The Labute approximate surface area is 323 Å². The second-order valence-corrected chi connectivity index (χ2v) is 15.2. The highest BCUT2D eigenvalue weighted by Crippen LogP contribution is 2.47. The molecule has 9 aromatic carbocycles. The molecule has 0 amide bonds. The van der Waals surface area contributed by atoms with Gasteiger partial charge in [-0.15, -0.1) is 11.3 Å². The standard InChI is InChI=1S/C52H34N2S/c1-2-13-35(14-3-1)36-27-30-40(31-28-36)53(49-25-12-26-50-51(49)46-32-29-37-15-4-5-20-43(37)52(46)55-50)41-18-10-16-38(33-41)39-17-11-19-42(34-39)54-47-23-8-6-21-44(47)45-22-7-9-24-48(45)54/h1-34H. The minimum atomic E-state index is 1.11. The van der Waals surface area contributed by atoms with Crippen LogP contribution in [-0.2, 0) is 0 Å². The van der Waals surface area contributed by atoms with Gasteiger partial charge in [-0.25, -0.2) is 0 Å². The molecule has 11 rings (SSSR count). The van der Waals surface area contributed by atoms with Crippen molar-refractivity contribution in [2.75, 3.05) is 4.90 Å². The van der Waals surface area contributed by atoms with E-state index in [-0.39, 0.29) is 0 Å². The lowest BCUT2D eigenvalue weighted by Crippen LogP contribution is -2.10. The minimum absolute atomic E-state index is 1.11. The summed E-state index contributed by atoms with van der Waals surface area (Å²) in [5, 5.41) is 7.67. The van der Waals surface area contributed by atoms with Crippen LogP contribution in [0.1, 0.15) is 0 Å². The molecule has 3 heteroatoms. The minimum Gasteiger partial charge on any atom is -0.310 e. The highest BCUT2D eigenvalue weighted by molar-refractivity contribution is 7.26. The van der Waals surface area contributed by atoms with E-state index in [1.54, 1.807) is 0 Å². The molecule has 0 unspecified atom stereocenters. The zero-order valence-electron chi connectivity index (χ0n) is 29.9. The lowest BCUT2D eigenvalue weighted by molar-refractivity contribution is 1.18. The number of thiophene rings is 1. The zero-order chi connectivity index (χ0) is 36.3. The predicted molar refractivity (Wildman–Crippen MR) is 237 cm³/mol. The first-order valence-electron chi connectivity index (χ1n) is 18.8. The van der Waals surface area contributed by atoms with Crippen molar-refractivity contribution in [1.82, 2.24) is 4.57 Å². The molecular formula is C52H34N2S. The smallest absolute Gasteiger partial charge is 0.0554 e. The second kappa shape index (κ2) is 12.9. The number of rotatable bonds is 6. The van der Waals surface area contributed by atoms with Crippen molar-refractivity contribution in [2.24, 2.45) is 0 Å². The SMILES string of the molecule is c1ccc(-c2ccc(N(c3cccc(-c4cccc(-n5c6ccccc6c6ccccc65)c4)c3)c3cccc4sc5c6ccccc6ccc5c34)cc2)cc1. The number of nitrogens with zero attached hydrogens (tertiary/aromatic N) is 2. The molecule has 0 aliphatic heterocycles. The molecule has 0 atom stereocenters. The fourth-order valence-corrected chi connectivity index (χ4v) is 9.69. The van der Waals surface area contributed by atoms with Gasteiger partial charge in [0.25, 0.3) is 0 Å². The third-order valence-corrected chi connectivity index (χ3v) is 12.2. The monoisotopic (exact) mass is 718 g/mol. The van der Waals surface area contributed by atoms with Crippen LogP contribution in [-0.4, -0.2) is 4.57 Å². The Bertz CT molecular complexity index is 3150. The van der Waals surface area contributed by atoms with Gasteiger partial charge in [-0.05, 0) is 93.7 Å². The molecule has 0 saturated carbocycles. The normalized spacial score (nSPS) is 11.6. The van der Waals surface area contributed by atoms with E-state index in [4.69, 9.17) is 0 Å². The lowest BCUT2D eigenvalue weighted by atomic mass is 10.0. The predicted octanol–water partition coefficient (Wildman–Crippen LogP) is 15.1. The summed E-state index contributed by atoms with van der Waals surface area (Å²) in [5.41, 5.74) is 11.7. The van der Waals surface area contributed by atoms with Crippen molar-refractivity contribution in [3.05, 3.63) is 206 Å². The van der Waals surface area contributed by atoms with E-state index < -0.39 is 0 Å². The summed E-state index contributed by atoms with van der Waals surface area (Å²) < 4.78 is 5.00. The first-order valence-corrected chi connectivity index (χ1v) is 19.6. The highest BCUT2D eigenvalue weighted by atomic mass is 32.1. The number of aromatic nitrogens is 1. The molecule has 258 valence electrons. The molecule has 55 heavy (non-hydrogen) atoms. The Morgan fingerprint density at radius 2 is 1.00 bits per heavy atom. The Kier molecular flexibility index (Phi) is 7.39. The van der Waals surface area contributed by atoms with E-state index in [1.807, 2.05) is 11.3 Å². The summed E-state index contributed by atoms with van der Waals surface area (Å²) in [4.78, 5) is 2.44. The van der Waals surface area contributed by atoms with Gasteiger partial charge in [0.15, 0.2) is 0 Å². The maximum atomic E-state index is 2.44. The maximum absolute atomic E-state index is 2.44. The van der Waals surface area contributed by atoms with Crippen molar-refractivity contribution in [1.29, 1.82) is 0 Å². The Morgan fingerprint density at radius 3 is 1.78 bits per heavy atom. The van der Waals surface area contributed by atoms with Crippen molar-refractivity contribution in [3.8, 4) is 27.9 Å². The number of fused-ring (bicyclic) bond motifs is 8. The molecule has 2 aromatic heterocycles. The maximum Gasteiger partial charge on any atom is 0.0554 e. The average Bonchev–Trinajstić information content (AvgIpc) is 3.81. The summed E-state index contributed by atoms with van der Waals surface area (Å²) in [6, 6.07) is 75.1. The van der Waals surface area contributed by atoms with Crippen molar-refractivity contribution in [3.63, 3.8) is 0 Å². The van der Waals surface area contributed by atoms with Gasteiger partial charge in [-0.1, -0.05) is 146 Å². The van der Waals surface area contributed by atoms with Crippen molar-refractivity contribution < 1.29 is 0 Å². The van der Waals surface area contributed by atoms with Crippen LogP contribution in [0.5, 0.6) is 0 Å². The molecule has 0 aliphatic rings. The van der Waals surface area contributed by atoms with Gasteiger partial charge in [0.2, 0.25) is 0 Å². The van der Waals surface area contributed by atoms with Crippen molar-refractivity contribution in [2.45, 2.75) is 0 Å². The van der Waals surface area contributed by atoms with E-state index in [1.165, 1.54) is 80.7 Å². The van der Waals surface area contributed by atoms with Crippen molar-refractivity contribution >= 4 is 81.1 Å².